The Morgan fingerprint density at radius 3 is 2.44 bits per heavy atom. The molecule has 0 aromatic heterocycles. The van der Waals surface area contributed by atoms with E-state index < -0.39 is 27.8 Å². The molecule has 0 aliphatic heterocycles. The van der Waals surface area contributed by atoms with Crippen molar-refractivity contribution in [1.29, 1.82) is 0 Å². The average Bonchev–Trinajstić information content (AvgIpc) is 2.54. The zero-order valence-corrected chi connectivity index (χ0v) is 20.2. The first kappa shape index (κ1) is 21.3. The molecule has 0 saturated heterocycles. The number of para-hydroxylation sites is 1. The molecule has 25 heavy (non-hydrogen) atoms. The van der Waals surface area contributed by atoms with Gasteiger partial charge >= 0.3 is 175 Å². The molecule has 2 unspecified atom stereocenters. The van der Waals surface area contributed by atoms with E-state index in [-0.39, 0.29) is 25.6 Å². The van der Waals surface area contributed by atoms with Crippen molar-refractivity contribution < 1.29 is 54.1 Å². The summed E-state index contributed by atoms with van der Waals surface area (Å²) in [6, 6.07) is 12.8. The Labute approximate surface area is 173 Å². The summed E-state index contributed by atoms with van der Waals surface area (Å²) in [5.74, 6) is 0.468. The molecule has 0 fully saturated rings. The van der Waals surface area contributed by atoms with Gasteiger partial charge in [-0.15, -0.1) is 0 Å². The monoisotopic (exact) mass is 604 g/mol. The molecule has 2 N–H and O–H groups in total. The molecule has 0 bridgehead atoms. The minimum absolute atomic E-state index is 0.000755. The molecule has 0 aliphatic carbocycles. The summed E-state index contributed by atoms with van der Waals surface area (Å²) in [5.41, 5.74) is 1.08. The van der Waals surface area contributed by atoms with Gasteiger partial charge in [-0.25, -0.2) is 0 Å². The molecular weight excluding hydrogens is 582 g/mol. The van der Waals surface area contributed by atoms with Crippen molar-refractivity contribution in [1.82, 2.24) is 0 Å². The molecule has 0 amide bonds. The third-order valence-corrected chi connectivity index (χ3v) is 16.3. The van der Waals surface area contributed by atoms with Gasteiger partial charge < -0.3 is 0 Å². The Balaban J connectivity index is 1.96. The molecule has 7 heteroatoms. The van der Waals surface area contributed by atoms with Crippen LogP contribution in [0, 0.1) is 0 Å². The van der Waals surface area contributed by atoms with Crippen LogP contribution in [-0.4, -0.2) is 22.3 Å². The van der Waals surface area contributed by atoms with Gasteiger partial charge in [0, 0.05) is 0 Å². The van der Waals surface area contributed by atoms with E-state index in [4.69, 9.17) is 0 Å². The summed E-state index contributed by atoms with van der Waals surface area (Å²) in [4.78, 5) is 1.50. The molecule has 0 saturated carbocycles. The van der Waals surface area contributed by atoms with Gasteiger partial charge in [-0.05, 0) is 0 Å². The van der Waals surface area contributed by atoms with Gasteiger partial charge in [0.2, 0.25) is 0 Å². The summed E-state index contributed by atoms with van der Waals surface area (Å²) in [7, 11) is 0.664. The topological polar surface area (TPSA) is 57.5 Å². The van der Waals surface area contributed by atoms with Crippen LogP contribution >= 0.6 is 8.93 Å². The Morgan fingerprint density at radius 1 is 1.08 bits per heavy atom. The predicted molar refractivity (Wildman–Crippen MR) is 96.8 cm³/mol. The number of hydrogen-bond donors (Lipinski definition) is 2. The number of phenols is 2. The molecule has 2 aromatic rings. The molecule has 2 rings (SSSR count). The van der Waals surface area contributed by atoms with E-state index >= 15 is 0 Å². The molecule has 2 aromatic carbocycles. The molecule has 0 heterocycles. The number of phenolic OH excluding ortho intramolecular Hbond substituents is 2. The first-order valence-corrected chi connectivity index (χ1v) is 17.4. The number of rotatable bonds is 8. The van der Waals surface area contributed by atoms with E-state index in [1.807, 2.05) is 12.1 Å². The first-order chi connectivity index (χ1) is 11.9. The Bertz CT molecular complexity index is 738. The quantitative estimate of drug-likeness (QED) is 0.216. The third-order valence-electron chi connectivity index (χ3n) is 3.12. The van der Waals surface area contributed by atoms with Crippen LogP contribution in [0.2, 0.25) is 0 Å². The molecular formula is C18H22I2O3S2-2. The van der Waals surface area contributed by atoms with Crippen molar-refractivity contribution in [2.24, 2.45) is 0 Å². The van der Waals surface area contributed by atoms with E-state index in [2.05, 4.69) is 26.8 Å². The van der Waals surface area contributed by atoms with Crippen LogP contribution in [0.1, 0.15) is 26.3 Å². The van der Waals surface area contributed by atoms with Crippen molar-refractivity contribution in [3.63, 3.8) is 0 Å². The van der Waals surface area contributed by atoms with Gasteiger partial charge in [-0.1, -0.05) is 0 Å². The van der Waals surface area contributed by atoms with Crippen LogP contribution in [0.3, 0.4) is 0 Å². The number of halogens is 2. The molecule has 140 valence electrons. The SMILES string of the molecule is CC(C)[I-]Sc1ccc(CC(C)[I-]S(=O)c2ccccc2O)cc1O. The van der Waals surface area contributed by atoms with Crippen LogP contribution in [-0.2, 0) is 14.4 Å². The zero-order chi connectivity index (χ0) is 18.4. The van der Waals surface area contributed by atoms with E-state index in [1.165, 1.54) is 0 Å². The Kier molecular flexibility index (Phi) is 8.83. The molecule has 0 spiro atoms. The maximum absolute atomic E-state index is 12.5. The molecule has 3 nitrogen and oxygen atoms in total. The van der Waals surface area contributed by atoms with Crippen LogP contribution in [0.15, 0.2) is 52.3 Å². The van der Waals surface area contributed by atoms with E-state index in [0.717, 1.165) is 16.9 Å². The summed E-state index contributed by atoms with van der Waals surface area (Å²) >= 11 is -0.626. The maximum atomic E-state index is 12.5. The number of aromatic hydroxyl groups is 2. The third kappa shape index (κ3) is 6.91. The second kappa shape index (κ2) is 10.4. The van der Waals surface area contributed by atoms with E-state index in [1.54, 1.807) is 33.2 Å². The second-order valence-electron chi connectivity index (χ2n) is 5.75. The van der Waals surface area contributed by atoms with Gasteiger partial charge in [0.15, 0.2) is 0 Å². The fraction of sp³-hybridized carbons (Fsp3) is 0.333. The fourth-order valence-corrected chi connectivity index (χ4v) is 12.2. The second-order valence-corrected chi connectivity index (χ2v) is 19.0. The summed E-state index contributed by atoms with van der Waals surface area (Å²) in [6.07, 6.45) is 0.796. The van der Waals surface area contributed by atoms with Crippen LogP contribution in [0.4, 0.5) is 0 Å². The van der Waals surface area contributed by atoms with Crippen LogP contribution < -0.4 is 39.6 Å². The fourth-order valence-electron chi connectivity index (χ4n) is 2.03. The van der Waals surface area contributed by atoms with Crippen molar-refractivity contribution in [2.75, 3.05) is 0 Å². The van der Waals surface area contributed by atoms with Gasteiger partial charge in [0.05, 0.1) is 0 Å². The standard InChI is InChI=1S/C18H22I2O3S2/c1-12(2)19-24-17-9-8-14(11-16(17)22)10-13(3)20-25(23)18-7-5-4-6-15(18)21/h4-9,11-13,21-22H,10H2,1-3H3/q-2. The van der Waals surface area contributed by atoms with Gasteiger partial charge in [-0.2, -0.15) is 0 Å². The van der Waals surface area contributed by atoms with Crippen molar-refractivity contribution in [2.45, 2.75) is 44.8 Å². The Morgan fingerprint density at radius 2 is 1.80 bits per heavy atom. The van der Waals surface area contributed by atoms with Gasteiger partial charge in [0.25, 0.3) is 0 Å². The van der Waals surface area contributed by atoms with Crippen LogP contribution in [0.25, 0.3) is 0 Å². The summed E-state index contributed by atoms with van der Waals surface area (Å²) in [5, 5.41) is 20.1. The van der Waals surface area contributed by atoms with Gasteiger partial charge in [0.1, 0.15) is 0 Å². The zero-order valence-electron chi connectivity index (χ0n) is 14.3. The predicted octanol–water partition coefficient (Wildman–Crippen LogP) is -1.65. The van der Waals surface area contributed by atoms with Crippen molar-refractivity contribution in [3.05, 3.63) is 48.0 Å². The van der Waals surface area contributed by atoms with Crippen molar-refractivity contribution >= 4 is 16.9 Å². The number of alkyl halides is 2. The average molecular weight is 604 g/mol. The van der Waals surface area contributed by atoms with Crippen molar-refractivity contribution in [3.8, 4) is 11.5 Å². The summed E-state index contributed by atoms with van der Waals surface area (Å²) in [6.45, 7) is 6.51. The Hall–Kier alpha value is 0.000000000000000222. The normalized spacial score (nSPS) is 14.1. The van der Waals surface area contributed by atoms with E-state index in [0.29, 0.717) is 18.5 Å². The van der Waals surface area contributed by atoms with Gasteiger partial charge in [-0.3, -0.25) is 0 Å². The number of hydrogen-bond acceptors (Lipinski definition) is 4. The minimum atomic E-state index is -1.12. The molecule has 0 aliphatic rings. The van der Waals surface area contributed by atoms with Crippen LogP contribution in [0.5, 0.6) is 11.5 Å². The van der Waals surface area contributed by atoms with E-state index in [9.17, 15) is 14.4 Å². The number of benzene rings is 2. The first-order valence-electron chi connectivity index (χ1n) is 7.83. The summed E-state index contributed by atoms with van der Waals surface area (Å²) < 4.78 is 13.5. The molecule has 0 radical (unpaired) electrons. The molecule has 2 atom stereocenters.